The summed E-state index contributed by atoms with van der Waals surface area (Å²) in [5.41, 5.74) is 1.22. The molecule has 4 rings (SSSR count). The van der Waals surface area contributed by atoms with Crippen molar-refractivity contribution in [3.8, 4) is 17.2 Å². The summed E-state index contributed by atoms with van der Waals surface area (Å²) < 4.78 is 30.3. The number of hydrogen-bond acceptors (Lipinski definition) is 4. The highest BCUT2D eigenvalue weighted by Gasteiger charge is 2.24. The van der Waals surface area contributed by atoms with Crippen LogP contribution < -0.4 is 19.5 Å². The molecule has 0 saturated carbocycles. The highest BCUT2D eigenvalue weighted by atomic mass is 19.1. The number of nitrogens with one attached hydrogen (secondary N) is 1. The zero-order valence-electron chi connectivity index (χ0n) is 14.9. The van der Waals surface area contributed by atoms with E-state index >= 15 is 0 Å². The number of para-hydroxylation sites is 2. The molecule has 1 aliphatic rings. The molecule has 0 fully saturated rings. The first-order valence-corrected chi connectivity index (χ1v) is 8.84. The Balaban J connectivity index is 1.55. The monoisotopic (exact) mass is 379 g/mol. The van der Waals surface area contributed by atoms with Gasteiger partial charge in [-0.3, -0.25) is 4.79 Å². The van der Waals surface area contributed by atoms with Gasteiger partial charge >= 0.3 is 0 Å². The number of ether oxygens (including phenoxy) is 3. The van der Waals surface area contributed by atoms with Gasteiger partial charge in [0.2, 0.25) is 6.79 Å². The van der Waals surface area contributed by atoms with Crippen LogP contribution in [0.25, 0.3) is 0 Å². The van der Waals surface area contributed by atoms with E-state index in [-0.39, 0.29) is 25.1 Å². The first kappa shape index (κ1) is 17.9. The number of hydrogen-bond donors (Lipinski definition) is 1. The van der Waals surface area contributed by atoms with Crippen molar-refractivity contribution in [2.45, 2.75) is 6.04 Å². The molecule has 1 unspecified atom stereocenters. The van der Waals surface area contributed by atoms with Crippen molar-refractivity contribution in [3.63, 3.8) is 0 Å². The summed E-state index contributed by atoms with van der Waals surface area (Å²) in [6, 6.07) is 20.2. The highest BCUT2D eigenvalue weighted by molar-refractivity contribution is 5.98. The summed E-state index contributed by atoms with van der Waals surface area (Å²) in [7, 11) is 0. The number of fused-ring (bicyclic) bond motifs is 1. The lowest BCUT2D eigenvalue weighted by molar-refractivity contribution is 0.0916. The third kappa shape index (κ3) is 3.76. The summed E-state index contributed by atoms with van der Waals surface area (Å²) in [4.78, 5) is 12.9. The molecule has 28 heavy (non-hydrogen) atoms. The standard InChI is InChI=1S/C22H18FNO4/c23-17-10-4-5-11-19(17)26-13-18(15-7-2-1-3-8-15)24-22(25)16-9-6-12-20-21(16)28-14-27-20/h1-12,18H,13-14H2,(H,24,25). The van der Waals surface area contributed by atoms with Crippen molar-refractivity contribution in [1.82, 2.24) is 5.32 Å². The van der Waals surface area contributed by atoms with Gasteiger partial charge in [-0.05, 0) is 29.8 Å². The lowest BCUT2D eigenvalue weighted by Crippen LogP contribution is -2.32. The molecule has 0 saturated heterocycles. The quantitative estimate of drug-likeness (QED) is 0.701. The Morgan fingerprint density at radius 2 is 1.79 bits per heavy atom. The molecule has 1 N–H and O–H groups in total. The lowest BCUT2D eigenvalue weighted by atomic mass is 10.1. The molecule has 1 amide bonds. The van der Waals surface area contributed by atoms with Gasteiger partial charge in [0.05, 0.1) is 11.6 Å². The number of halogens is 1. The lowest BCUT2D eigenvalue weighted by Gasteiger charge is -2.20. The maximum atomic E-state index is 13.9. The van der Waals surface area contributed by atoms with E-state index in [4.69, 9.17) is 14.2 Å². The molecule has 1 aliphatic heterocycles. The smallest absolute Gasteiger partial charge is 0.255 e. The molecule has 0 bridgehead atoms. The number of carbonyl (C=O) groups is 1. The van der Waals surface area contributed by atoms with Gasteiger partial charge in [0.1, 0.15) is 6.61 Å². The third-order valence-electron chi connectivity index (χ3n) is 4.39. The topological polar surface area (TPSA) is 56.8 Å². The van der Waals surface area contributed by atoms with Gasteiger partial charge < -0.3 is 19.5 Å². The van der Waals surface area contributed by atoms with Gasteiger partial charge in [-0.2, -0.15) is 0 Å². The van der Waals surface area contributed by atoms with E-state index in [1.807, 2.05) is 30.3 Å². The number of carbonyl (C=O) groups excluding carboxylic acids is 1. The van der Waals surface area contributed by atoms with Crippen molar-refractivity contribution in [1.29, 1.82) is 0 Å². The first-order valence-electron chi connectivity index (χ1n) is 8.84. The largest absolute Gasteiger partial charge is 0.488 e. The maximum Gasteiger partial charge on any atom is 0.255 e. The van der Waals surface area contributed by atoms with E-state index in [0.717, 1.165) is 5.56 Å². The van der Waals surface area contributed by atoms with Crippen LogP contribution in [0.4, 0.5) is 4.39 Å². The molecule has 0 aliphatic carbocycles. The van der Waals surface area contributed by atoms with Crippen molar-refractivity contribution >= 4 is 5.91 Å². The predicted molar refractivity (Wildman–Crippen MR) is 101 cm³/mol. The molecule has 0 aromatic heterocycles. The third-order valence-corrected chi connectivity index (χ3v) is 4.39. The van der Waals surface area contributed by atoms with Crippen LogP contribution in [-0.2, 0) is 0 Å². The van der Waals surface area contributed by atoms with E-state index in [1.165, 1.54) is 6.07 Å². The molecular formula is C22H18FNO4. The second-order valence-electron chi connectivity index (χ2n) is 6.22. The Morgan fingerprint density at radius 1 is 1.00 bits per heavy atom. The second kappa shape index (κ2) is 8.00. The Morgan fingerprint density at radius 3 is 2.61 bits per heavy atom. The fourth-order valence-electron chi connectivity index (χ4n) is 2.99. The molecule has 0 spiro atoms. The van der Waals surface area contributed by atoms with Gasteiger partial charge in [0, 0.05) is 0 Å². The average molecular weight is 379 g/mol. The highest BCUT2D eigenvalue weighted by Crippen LogP contribution is 2.35. The van der Waals surface area contributed by atoms with Crippen molar-refractivity contribution in [3.05, 3.63) is 89.7 Å². The molecule has 1 atom stereocenters. The molecule has 1 heterocycles. The van der Waals surface area contributed by atoms with Crippen LogP contribution in [0.5, 0.6) is 17.2 Å². The zero-order valence-corrected chi connectivity index (χ0v) is 14.9. The average Bonchev–Trinajstić information content (AvgIpc) is 3.21. The zero-order chi connectivity index (χ0) is 19.3. The van der Waals surface area contributed by atoms with Crippen LogP contribution >= 0.6 is 0 Å². The molecule has 5 nitrogen and oxygen atoms in total. The van der Waals surface area contributed by atoms with Crippen molar-refractivity contribution in [2.24, 2.45) is 0 Å². The molecule has 142 valence electrons. The Bertz CT molecular complexity index is 977. The van der Waals surface area contributed by atoms with Crippen LogP contribution in [0.3, 0.4) is 0 Å². The Hall–Kier alpha value is -3.54. The van der Waals surface area contributed by atoms with Gasteiger partial charge in [-0.25, -0.2) is 4.39 Å². The maximum absolute atomic E-state index is 13.9. The van der Waals surface area contributed by atoms with Gasteiger partial charge in [-0.15, -0.1) is 0 Å². The van der Waals surface area contributed by atoms with Crippen LogP contribution in [0.15, 0.2) is 72.8 Å². The Kier molecular flexibility index (Phi) is 5.10. The normalized spacial score (nSPS) is 13.0. The molecule has 0 radical (unpaired) electrons. The summed E-state index contributed by atoms with van der Waals surface area (Å²) in [6.07, 6.45) is 0. The van der Waals surface area contributed by atoms with E-state index in [1.54, 1.807) is 36.4 Å². The van der Waals surface area contributed by atoms with E-state index < -0.39 is 11.9 Å². The summed E-state index contributed by atoms with van der Waals surface area (Å²) in [5.74, 6) is 0.309. The van der Waals surface area contributed by atoms with Crippen molar-refractivity contribution < 1.29 is 23.4 Å². The van der Waals surface area contributed by atoms with Gasteiger partial charge in [0.25, 0.3) is 5.91 Å². The van der Waals surface area contributed by atoms with E-state index in [9.17, 15) is 9.18 Å². The minimum Gasteiger partial charge on any atom is -0.488 e. The van der Waals surface area contributed by atoms with E-state index in [2.05, 4.69) is 5.32 Å². The summed E-state index contributed by atoms with van der Waals surface area (Å²) >= 11 is 0. The predicted octanol–water partition coefficient (Wildman–Crippen LogP) is 4.10. The fourth-order valence-corrected chi connectivity index (χ4v) is 2.99. The number of benzene rings is 3. The van der Waals surface area contributed by atoms with Crippen LogP contribution in [0.2, 0.25) is 0 Å². The Labute approximate surface area is 161 Å². The van der Waals surface area contributed by atoms with Gasteiger partial charge in [-0.1, -0.05) is 48.5 Å². The molecule has 3 aromatic carbocycles. The summed E-state index contributed by atoms with van der Waals surface area (Å²) in [6.45, 7) is 0.154. The van der Waals surface area contributed by atoms with Crippen LogP contribution in [0.1, 0.15) is 22.0 Å². The minimum absolute atomic E-state index is 0.0725. The molecule has 6 heteroatoms. The number of rotatable bonds is 6. The summed E-state index contributed by atoms with van der Waals surface area (Å²) in [5, 5.41) is 2.95. The number of amides is 1. The fraction of sp³-hybridized carbons (Fsp3) is 0.136. The molecule has 3 aromatic rings. The van der Waals surface area contributed by atoms with Gasteiger partial charge in [0.15, 0.2) is 23.1 Å². The van der Waals surface area contributed by atoms with E-state index in [0.29, 0.717) is 17.1 Å². The first-order chi connectivity index (χ1) is 13.7. The van der Waals surface area contributed by atoms with Crippen LogP contribution in [0, 0.1) is 5.82 Å². The minimum atomic E-state index is -0.480. The molecular weight excluding hydrogens is 361 g/mol. The van der Waals surface area contributed by atoms with Crippen LogP contribution in [-0.4, -0.2) is 19.3 Å². The van der Waals surface area contributed by atoms with Crippen molar-refractivity contribution in [2.75, 3.05) is 13.4 Å². The SMILES string of the molecule is O=C(NC(COc1ccccc1F)c1ccccc1)c1cccc2c1OCO2. The second-order valence-corrected chi connectivity index (χ2v) is 6.22.